The van der Waals surface area contributed by atoms with Crippen LogP contribution in [-0.4, -0.2) is 5.71 Å². The van der Waals surface area contributed by atoms with Gasteiger partial charge in [0, 0.05) is 11.9 Å². The van der Waals surface area contributed by atoms with Crippen molar-refractivity contribution in [1.82, 2.24) is 0 Å². The van der Waals surface area contributed by atoms with Crippen LogP contribution >= 0.6 is 0 Å². The second kappa shape index (κ2) is 6.36. The second-order valence-corrected chi connectivity index (χ2v) is 7.21. The maximum atomic E-state index is 4.58. The maximum Gasteiger partial charge on any atom is 0.0302 e. The topological polar surface area (TPSA) is 12.4 Å². The Bertz CT molecular complexity index is 418. The first-order valence-electron chi connectivity index (χ1n) is 6.99. The van der Waals surface area contributed by atoms with E-state index in [1.807, 2.05) is 6.20 Å². The van der Waals surface area contributed by atoms with Crippen molar-refractivity contribution in [3.8, 4) is 0 Å². The highest BCUT2D eigenvalue weighted by Crippen LogP contribution is 2.33. The van der Waals surface area contributed by atoms with Crippen molar-refractivity contribution in [3.63, 3.8) is 0 Å². The summed E-state index contributed by atoms with van der Waals surface area (Å²) in [5, 5.41) is 0. The zero-order chi connectivity index (χ0) is 15.4. The summed E-state index contributed by atoms with van der Waals surface area (Å²) in [6.07, 6.45) is 4.10. The lowest BCUT2D eigenvalue weighted by molar-refractivity contribution is 0.511. The van der Waals surface area contributed by atoms with Crippen LogP contribution in [0.1, 0.15) is 62.3 Å². The van der Waals surface area contributed by atoms with E-state index in [4.69, 9.17) is 0 Å². The number of rotatable bonds is 3. The molecule has 1 heteroatoms. The predicted molar refractivity (Wildman–Crippen MR) is 88.7 cm³/mol. The lowest BCUT2D eigenvalue weighted by Crippen LogP contribution is -2.16. The molecule has 0 rings (SSSR count). The van der Waals surface area contributed by atoms with Gasteiger partial charge in [-0.05, 0) is 48.3 Å². The Balaban J connectivity index is 5.25. The van der Waals surface area contributed by atoms with Gasteiger partial charge in [0.25, 0.3) is 0 Å². The van der Waals surface area contributed by atoms with Crippen LogP contribution < -0.4 is 0 Å². The van der Waals surface area contributed by atoms with Gasteiger partial charge in [-0.1, -0.05) is 54.2 Å². The highest BCUT2D eigenvalue weighted by atomic mass is 14.7. The molecule has 0 amide bonds. The van der Waals surface area contributed by atoms with Crippen LogP contribution in [-0.2, 0) is 0 Å². The standard InChI is InChI=1S/C18H31N/c1-11-16(18(8,9)10)14(3)13(2)12-19-15(4)17(5,6)7/h11-12H,3H2,1-2,4-10H3/b13-12-,16-11?,19-15+. The summed E-state index contributed by atoms with van der Waals surface area (Å²) in [6.45, 7) is 23.6. The molecule has 0 aromatic carbocycles. The van der Waals surface area contributed by atoms with E-state index >= 15 is 0 Å². The van der Waals surface area contributed by atoms with Gasteiger partial charge in [0.1, 0.15) is 0 Å². The predicted octanol–water partition coefficient (Wildman–Crippen LogP) is 5.95. The van der Waals surface area contributed by atoms with Crippen molar-refractivity contribution < 1.29 is 0 Å². The monoisotopic (exact) mass is 261 g/mol. The number of hydrogen-bond donors (Lipinski definition) is 0. The third-order valence-electron chi connectivity index (χ3n) is 3.44. The van der Waals surface area contributed by atoms with Gasteiger partial charge in [0.05, 0.1) is 0 Å². The maximum absolute atomic E-state index is 4.58. The molecule has 1 nitrogen and oxygen atoms in total. The highest BCUT2D eigenvalue weighted by molar-refractivity contribution is 5.87. The van der Waals surface area contributed by atoms with E-state index in [0.717, 1.165) is 16.9 Å². The Morgan fingerprint density at radius 3 is 1.74 bits per heavy atom. The third-order valence-corrected chi connectivity index (χ3v) is 3.44. The molecule has 0 fully saturated rings. The van der Waals surface area contributed by atoms with E-state index < -0.39 is 0 Å². The first-order valence-corrected chi connectivity index (χ1v) is 6.99. The zero-order valence-electron chi connectivity index (χ0n) is 14.3. The number of hydrogen-bond acceptors (Lipinski definition) is 1. The lowest BCUT2D eigenvalue weighted by Gasteiger charge is -2.25. The average molecular weight is 261 g/mol. The summed E-state index contributed by atoms with van der Waals surface area (Å²) in [5.41, 5.74) is 4.87. The minimum atomic E-state index is 0.115. The molecule has 0 radical (unpaired) electrons. The number of aliphatic imine (C=N–C) groups is 1. The van der Waals surface area contributed by atoms with E-state index in [-0.39, 0.29) is 10.8 Å². The Hall–Kier alpha value is -1.11. The van der Waals surface area contributed by atoms with Crippen LogP contribution in [0.5, 0.6) is 0 Å². The van der Waals surface area contributed by atoms with Crippen LogP contribution in [0.15, 0.2) is 40.6 Å². The Morgan fingerprint density at radius 1 is 0.947 bits per heavy atom. The van der Waals surface area contributed by atoms with Crippen molar-refractivity contribution in [3.05, 3.63) is 35.6 Å². The van der Waals surface area contributed by atoms with E-state index in [9.17, 15) is 0 Å². The molecule has 0 saturated heterocycles. The minimum Gasteiger partial charge on any atom is -0.265 e. The largest absolute Gasteiger partial charge is 0.265 e. The molecule has 0 saturated carbocycles. The van der Waals surface area contributed by atoms with Gasteiger partial charge in [-0.2, -0.15) is 0 Å². The Kier molecular flexibility index (Phi) is 5.99. The Labute approximate surface area is 120 Å². The van der Waals surface area contributed by atoms with Crippen molar-refractivity contribution in [2.45, 2.75) is 62.3 Å². The van der Waals surface area contributed by atoms with Crippen molar-refractivity contribution in [2.75, 3.05) is 0 Å². The molecule has 0 aliphatic carbocycles. The molecule has 19 heavy (non-hydrogen) atoms. The quantitative estimate of drug-likeness (QED) is 0.440. The summed E-state index contributed by atoms with van der Waals surface area (Å²) in [6, 6.07) is 0. The number of nitrogens with zero attached hydrogens (tertiary/aromatic N) is 1. The average Bonchev–Trinajstić information content (AvgIpc) is 2.22. The molecule has 0 unspecified atom stereocenters. The molecule has 0 heterocycles. The van der Waals surface area contributed by atoms with Crippen LogP contribution in [0.2, 0.25) is 0 Å². The molecule has 0 bridgehead atoms. The molecular formula is C18H31N. The summed E-state index contributed by atoms with van der Waals surface area (Å²) in [7, 11) is 0. The van der Waals surface area contributed by atoms with Crippen LogP contribution in [0, 0.1) is 10.8 Å². The van der Waals surface area contributed by atoms with Gasteiger partial charge < -0.3 is 0 Å². The lowest BCUT2D eigenvalue weighted by atomic mass is 9.80. The SMILES string of the molecule is C=C(C(=CC)C(C)(C)C)/C(C)=C\N=C(/C)C(C)(C)C. The van der Waals surface area contributed by atoms with Gasteiger partial charge in [-0.15, -0.1) is 0 Å². The summed E-state index contributed by atoms with van der Waals surface area (Å²) < 4.78 is 0. The van der Waals surface area contributed by atoms with Crippen LogP contribution in [0.3, 0.4) is 0 Å². The molecular weight excluding hydrogens is 230 g/mol. The summed E-state index contributed by atoms with van der Waals surface area (Å²) in [5.74, 6) is 0. The fourth-order valence-corrected chi connectivity index (χ4v) is 1.74. The molecule has 108 valence electrons. The molecule has 0 aromatic rings. The first kappa shape index (κ1) is 17.9. The molecule has 0 aromatic heterocycles. The van der Waals surface area contributed by atoms with Gasteiger partial charge >= 0.3 is 0 Å². The molecule has 0 atom stereocenters. The normalized spacial score (nSPS) is 15.7. The second-order valence-electron chi connectivity index (χ2n) is 7.21. The van der Waals surface area contributed by atoms with Gasteiger partial charge in [-0.3, -0.25) is 4.99 Å². The summed E-state index contributed by atoms with van der Waals surface area (Å²) in [4.78, 5) is 4.58. The first-order chi connectivity index (χ1) is 8.41. The smallest absolute Gasteiger partial charge is 0.0302 e. The van der Waals surface area contributed by atoms with Crippen LogP contribution in [0.4, 0.5) is 0 Å². The van der Waals surface area contributed by atoms with Gasteiger partial charge in [0.15, 0.2) is 0 Å². The van der Waals surface area contributed by atoms with Gasteiger partial charge in [0.2, 0.25) is 0 Å². The summed E-state index contributed by atoms with van der Waals surface area (Å²) >= 11 is 0. The van der Waals surface area contributed by atoms with Gasteiger partial charge in [-0.25, -0.2) is 0 Å². The highest BCUT2D eigenvalue weighted by Gasteiger charge is 2.19. The fraction of sp³-hybridized carbons (Fsp3) is 0.611. The minimum absolute atomic E-state index is 0.115. The molecule has 0 aliphatic heterocycles. The van der Waals surface area contributed by atoms with E-state index in [0.29, 0.717) is 0 Å². The van der Waals surface area contributed by atoms with E-state index in [2.05, 4.69) is 80.0 Å². The fourth-order valence-electron chi connectivity index (χ4n) is 1.74. The zero-order valence-corrected chi connectivity index (χ0v) is 14.3. The van der Waals surface area contributed by atoms with Crippen molar-refractivity contribution in [1.29, 1.82) is 0 Å². The van der Waals surface area contributed by atoms with Crippen molar-refractivity contribution in [2.24, 2.45) is 15.8 Å². The van der Waals surface area contributed by atoms with E-state index in [1.165, 1.54) is 5.57 Å². The molecule has 0 aliphatic rings. The third kappa shape index (κ3) is 5.59. The van der Waals surface area contributed by atoms with E-state index in [1.54, 1.807) is 0 Å². The van der Waals surface area contributed by atoms with Crippen molar-refractivity contribution >= 4 is 5.71 Å². The molecule has 0 spiro atoms. The Morgan fingerprint density at radius 2 is 1.42 bits per heavy atom. The molecule has 0 N–H and O–H groups in total. The number of allylic oxidation sites excluding steroid dienone is 4. The van der Waals surface area contributed by atoms with Crippen LogP contribution in [0.25, 0.3) is 0 Å².